The lowest BCUT2D eigenvalue weighted by Crippen LogP contribution is -2.36. The van der Waals surface area contributed by atoms with Gasteiger partial charge in [0.1, 0.15) is 6.54 Å². The zero-order chi connectivity index (χ0) is 17.3. The van der Waals surface area contributed by atoms with Crippen molar-refractivity contribution in [3.63, 3.8) is 0 Å². The van der Waals surface area contributed by atoms with Gasteiger partial charge >= 0.3 is 0 Å². The van der Waals surface area contributed by atoms with Crippen LogP contribution in [-0.4, -0.2) is 13.6 Å². The summed E-state index contributed by atoms with van der Waals surface area (Å²) in [7, 11) is 0. The third-order valence-electron chi connectivity index (χ3n) is 5.42. The van der Waals surface area contributed by atoms with Crippen LogP contribution in [0.3, 0.4) is 0 Å². The fraction of sp³-hybridized carbons (Fsp3) is 0.286. The summed E-state index contributed by atoms with van der Waals surface area (Å²) in [6.45, 7) is 3.78. The highest BCUT2D eigenvalue weighted by molar-refractivity contribution is 5.94. The fourth-order valence-corrected chi connectivity index (χ4v) is 4.31. The highest BCUT2D eigenvalue weighted by atomic mass is 16.7. The van der Waals surface area contributed by atoms with Crippen molar-refractivity contribution in [3.8, 4) is 34.3 Å². The van der Waals surface area contributed by atoms with E-state index in [1.165, 1.54) is 33.2 Å². The van der Waals surface area contributed by atoms with Crippen molar-refractivity contribution < 1.29 is 23.5 Å². The molecule has 0 fully saturated rings. The largest absolute Gasteiger partial charge is 0.454 e. The van der Waals surface area contributed by atoms with Gasteiger partial charge in [0.05, 0.1) is 5.56 Å². The standard InChI is InChI=1S/C21H18NO4/c1-2-3-22-9-13-6-18-19(25-11-24-18)7-14(13)16-4-12-5-17-20(26-10-23-17)8-15(12)21(16)22/h5-9H,2-4,10-11H2,1H3/q+1. The SMILES string of the molecule is CCC[n+]1cc2cc3c(cc2c2c1-c1cc4c(cc1C2)OCO4)OCO3. The number of aromatic nitrogens is 1. The minimum Gasteiger partial charge on any atom is -0.454 e. The lowest BCUT2D eigenvalue weighted by Gasteiger charge is -2.08. The molecule has 0 saturated heterocycles. The average Bonchev–Trinajstić information content (AvgIpc) is 3.35. The second kappa shape index (κ2) is 5.04. The van der Waals surface area contributed by atoms with Crippen LogP contribution < -0.4 is 23.5 Å². The molecule has 5 nitrogen and oxygen atoms in total. The summed E-state index contributed by atoms with van der Waals surface area (Å²) in [5, 5.41) is 2.42. The predicted octanol–water partition coefficient (Wildman–Crippen LogP) is 3.57. The summed E-state index contributed by atoms with van der Waals surface area (Å²) in [4.78, 5) is 0. The molecule has 6 rings (SSSR count). The van der Waals surface area contributed by atoms with E-state index >= 15 is 0 Å². The van der Waals surface area contributed by atoms with Crippen LogP contribution in [0.5, 0.6) is 23.0 Å². The summed E-state index contributed by atoms with van der Waals surface area (Å²) in [5.74, 6) is 3.35. The van der Waals surface area contributed by atoms with Crippen LogP contribution >= 0.6 is 0 Å². The lowest BCUT2D eigenvalue weighted by molar-refractivity contribution is -0.685. The van der Waals surface area contributed by atoms with Crippen LogP contribution in [0.1, 0.15) is 24.5 Å². The van der Waals surface area contributed by atoms with E-state index in [-0.39, 0.29) is 0 Å². The van der Waals surface area contributed by atoms with Crippen LogP contribution in [0.4, 0.5) is 0 Å². The van der Waals surface area contributed by atoms with E-state index in [1.807, 2.05) is 0 Å². The molecule has 3 heterocycles. The first kappa shape index (κ1) is 14.2. The molecule has 3 aromatic rings. The van der Waals surface area contributed by atoms with E-state index in [0.717, 1.165) is 42.4 Å². The van der Waals surface area contributed by atoms with Crippen LogP contribution in [0, 0.1) is 0 Å². The second-order valence-corrected chi connectivity index (χ2v) is 6.98. The highest BCUT2D eigenvalue weighted by Crippen LogP contribution is 2.46. The molecule has 5 heteroatoms. The third-order valence-corrected chi connectivity index (χ3v) is 5.42. The van der Waals surface area contributed by atoms with Crippen LogP contribution in [-0.2, 0) is 13.0 Å². The van der Waals surface area contributed by atoms with E-state index in [0.29, 0.717) is 13.6 Å². The molecule has 0 spiro atoms. The monoisotopic (exact) mass is 348 g/mol. The molecule has 0 atom stereocenters. The van der Waals surface area contributed by atoms with Gasteiger partial charge in [-0.1, -0.05) is 6.92 Å². The Kier molecular flexibility index (Phi) is 2.76. The smallest absolute Gasteiger partial charge is 0.231 e. The number of nitrogens with zero attached hydrogens (tertiary/aromatic N) is 1. The van der Waals surface area contributed by atoms with Crippen molar-refractivity contribution in [1.29, 1.82) is 0 Å². The quantitative estimate of drug-likeness (QED) is 0.519. The molecule has 0 N–H and O–H groups in total. The van der Waals surface area contributed by atoms with E-state index in [2.05, 4.69) is 42.0 Å². The van der Waals surface area contributed by atoms with Gasteiger partial charge in [-0.25, -0.2) is 0 Å². The first-order valence-corrected chi connectivity index (χ1v) is 9.03. The maximum atomic E-state index is 5.62. The molecule has 26 heavy (non-hydrogen) atoms. The Balaban J connectivity index is 1.65. The Hall–Kier alpha value is -2.95. The molecular weight excluding hydrogens is 330 g/mol. The summed E-state index contributed by atoms with van der Waals surface area (Å²) in [6, 6.07) is 8.49. The minimum absolute atomic E-state index is 0.296. The van der Waals surface area contributed by atoms with E-state index < -0.39 is 0 Å². The Labute approximate surface area is 150 Å². The van der Waals surface area contributed by atoms with Crippen molar-refractivity contribution in [2.75, 3.05) is 13.6 Å². The van der Waals surface area contributed by atoms with E-state index in [4.69, 9.17) is 18.9 Å². The summed E-state index contributed by atoms with van der Waals surface area (Å²) >= 11 is 0. The zero-order valence-corrected chi connectivity index (χ0v) is 14.5. The second-order valence-electron chi connectivity index (χ2n) is 6.98. The van der Waals surface area contributed by atoms with E-state index in [9.17, 15) is 0 Å². The Morgan fingerprint density at radius 2 is 1.58 bits per heavy atom. The molecule has 3 aliphatic rings. The minimum atomic E-state index is 0.296. The molecular formula is C21H18NO4+. The molecule has 2 aromatic carbocycles. The summed E-state index contributed by atoms with van der Waals surface area (Å²) < 4.78 is 24.8. The summed E-state index contributed by atoms with van der Waals surface area (Å²) in [6.07, 6.45) is 4.20. The van der Waals surface area contributed by atoms with Crippen molar-refractivity contribution in [3.05, 3.63) is 41.6 Å². The van der Waals surface area contributed by atoms with Crippen molar-refractivity contribution in [1.82, 2.24) is 0 Å². The van der Waals surface area contributed by atoms with Gasteiger partial charge in [0.2, 0.25) is 19.3 Å². The Bertz CT molecular complexity index is 1090. The lowest BCUT2D eigenvalue weighted by atomic mass is 10.0. The van der Waals surface area contributed by atoms with Gasteiger partial charge in [-0.2, -0.15) is 4.57 Å². The maximum absolute atomic E-state index is 5.62. The molecule has 2 aliphatic heterocycles. The number of hydrogen-bond acceptors (Lipinski definition) is 4. The highest BCUT2D eigenvalue weighted by Gasteiger charge is 2.33. The van der Waals surface area contributed by atoms with Crippen molar-refractivity contribution in [2.45, 2.75) is 26.3 Å². The van der Waals surface area contributed by atoms with Gasteiger partial charge in [0.25, 0.3) is 0 Å². The topological polar surface area (TPSA) is 40.8 Å². The first-order chi connectivity index (χ1) is 12.8. The fourth-order valence-electron chi connectivity index (χ4n) is 4.31. The number of ether oxygens (including phenoxy) is 4. The Morgan fingerprint density at radius 3 is 2.35 bits per heavy atom. The molecule has 130 valence electrons. The van der Waals surface area contributed by atoms with Gasteiger partial charge in [-0.15, -0.1) is 0 Å². The van der Waals surface area contributed by atoms with Crippen LogP contribution in [0.2, 0.25) is 0 Å². The number of benzene rings is 2. The van der Waals surface area contributed by atoms with Gasteiger partial charge in [0, 0.05) is 29.2 Å². The van der Waals surface area contributed by atoms with E-state index in [1.54, 1.807) is 0 Å². The van der Waals surface area contributed by atoms with Crippen molar-refractivity contribution in [2.24, 2.45) is 0 Å². The molecule has 0 amide bonds. The summed E-state index contributed by atoms with van der Waals surface area (Å²) in [5.41, 5.74) is 5.16. The van der Waals surface area contributed by atoms with Crippen LogP contribution in [0.25, 0.3) is 22.0 Å². The average molecular weight is 348 g/mol. The predicted molar refractivity (Wildman–Crippen MR) is 94.9 cm³/mol. The van der Waals surface area contributed by atoms with Gasteiger partial charge in [0.15, 0.2) is 29.2 Å². The molecule has 1 aromatic heterocycles. The number of fused-ring (bicyclic) bond motifs is 7. The Morgan fingerprint density at radius 1 is 0.885 bits per heavy atom. The van der Waals surface area contributed by atoms with Crippen molar-refractivity contribution >= 4 is 10.8 Å². The third kappa shape index (κ3) is 1.83. The molecule has 0 unspecified atom stereocenters. The maximum Gasteiger partial charge on any atom is 0.231 e. The van der Waals surface area contributed by atoms with Crippen LogP contribution in [0.15, 0.2) is 30.5 Å². The number of aryl methyl sites for hydroxylation is 1. The molecule has 0 bridgehead atoms. The molecule has 0 radical (unpaired) electrons. The van der Waals surface area contributed by atoms with Gasteiger partial charge in [-0.3, -0.25) is 0 Å². The number of hydrogen-bond donors (Lipinski definition) is 0. The zero-order valence-electron chi connectivity index (χ0n) is 14.5. The van der Waals surface area contributed by atoms with Gasteiger partial charge in [-0.05, 0) is 29.8 Å². The normalized spacial score (nSPS) is 15.4. The number of rotatable bonds is 2. The number of pyridine rings is 1. The first-order valence-electron chi connectivity index (χ1n) is 9.03. The molecule has 1 aliphatic carbocycles. The molecule has 0 saturated carbocycles. The van der Waals surface area contributed by atoms with Gasteiger partial charge < -0.3 is 18.9 Å².